The molecular weight excluding hydrogens is 254 g/mol. The topological polar surface area (TPSA) is 87.6 Å². The molecular formula is C14H17N5O. The number of anilines is 1. The molecule has 0 atom stereocenters. The fourth-order valence-electron chi connectivity index (χ4n) is 1.79. The molecule has 2 heterocycles. The Bertz CT molecular complexity index is 585. The molecule has 6 nitrogen and oxygen atoms in total. The van der Waals surface area contributed by atoms with Crippen molar-refractivity contribution in [2.75, 3.05) is 18.5 Å². The summed E-state index contributed by atoms with van der Waals surface area (Å²) in [4.78, 5) is 10.6. The van der Waals surface area contributed by atoms with E-state index in [1.165, 1.54) is 0 Å². The summed E-state index contributed by atoms with van der Waals surface area (Å²) in [5, 5.41) is 11.7. The van der Waals surface area contributed by atoms with Crippen LogP contribution in [0.1, 0.15) is 11.3 Å². The first kappa shape index (κ1) is 13.8. The lowest BCUT2D eigenvalue weighted by Gasteiger charge is -2.18. The molecule has 0 aliphatic heterocycles. The van der Waals surface area contributed by atoms with Crippen molar-refractivity contribution in [3.63, 3.8) is 0 Å². The van der Waals surface area contributed by atoms with Crippen LogP contribution in [0.5, 0.6) is 0 Å². The highest BCUT2D eigenvalue weighted by atomic mass is 16.4. The molecule has 0 unspecified atom stereocenters. The molecule has 0 aliphatic rings. The van der Waals surface area contributed by atoms with E-state index in [-0.39, 0.29) is 5.84 Å². The lowest BCUT2D eigenvalue weighted by atomic mass is 10.2. The highest BCUT2D eigenvalue weighted by molar-refractivity contribution is 5.97. The van der Waals surface area contributed by atoms with Gasteiger partial charge in [-0.1, -0.05) is 11.2 Å². The van der Waals surface area contributed by atoms with Gasteiger partial charge in [0.25, 0.3) is 0 Å². The van der Waals surface area contributed by atoms with E-state index in [1.54, 1.807) is 24.5 Å². The van der Waals surface area contributed by atoms with E-state index in [0.29, 0.717) is 5.56 Å². The van der Waals surface area contributed by atoms with Gasteiger partial charge >= 0.3 is 0 Å². The number of hydrogen-bond acceptors (Lipinski definition) is 5. The number of hydrogen-bond donors (Lipinski definition) is 2. The van der Waals surface area contributed by atoms with Gasteiger partial charge in [0.15, 0.2) is 5.84 Å². The highest BCUT2D eigenvalue weighted by Gasteiger charge is 2.06. The van der Waals surface area contributed by atoms with Crippen molar-refractivity contribution >= 4 is 11.7 Å². The van der Waals surface area contributed by atoms with E-state index in [4.69, 9.17) is 10.9 Å². The molecule has 0 fully saturated rings. The second-order valence-corrected chi connectivity index (χ2v) is 4.38. The normalized spacial score (nSPS) is 11.3. The Kier molecular flexibility index (Phi) is 4.49. The van der Waals surface area contributed by atoms with Crippen LogP contribution in [-0.4, -0.2) is 34.6 Å². The SMILES string of the molecule is CN(CCc1ccccn1)c1cc(/C(N)=N/O)ccn1. The minimum atomic E-state index is 0.0757. The molecule has 2 rings (SSSR count). The van der Waals surface area contributed by atoms with Crippen LogP contribution in [0.3, 0.4) is 0 Å². The van der Waals surface area contributed by atoms with Crippen molar-refractivity contribution < 1.29 is 5.21 Å². The zero-order valence-electron chi connectivity index (χ0n) is 11.3. The monoisotopic (exact) mass is 271 g/mol. The lowest BCUT2D eigenvalue weighted by molar-refractivity contribution is 0.318. The van der Waals surface area contributed by atoms with E-state index in [9.17, 15) is 0 Å². The largest absolute Gasteiger partial charge is 0.409 e. The Morgan fingerprint density at radius 3 is 2.85 bits per heavy atom. The van der Waals surface area contributed by atoms with Crippen LogP contribution >= 0.6 is 0 Å². The van der Waals surface area contributed by atoms with Crippen LogP contribution in [-0.2, 0) is 6.42 Å². The first-order valence-corrected chi connectivity index (χ1v) is 6.25. The molecule has 0 saturated heterocycles. The number of nitrogens with two attached hydrogens (primary N) is 1. The molecule has 6 heteroatoms. The second kappa shape index (κ2) is 6.51. The minimum absolute atomic E-state index is 0.0757. The minimum Gasteiger partial charge on any atom is -0.409 e. The summed E-state index contributed by atoms with van der Waals surface area (Å²) >= 11 is 0. The summed E-state index contributed by atoms with van der Waals surface area (Å²) in [6.07, 6.45) is 4.25. The van der Waals surface area contributed by atoms with Gasteiger partial charge in [-0.3, -0.25) is 4.98 Å². The molecule has 20 heavy (non-hydrogen) atoms. The smallest absolute Gasteiger partial charge is 0.170 e. The van der Waals surface area contributed by atoms with Gasteiger partial charge in [-0.25, -0.2) is 4.98 Å². The molecule has 2 aromatic rings. The number of amidine groups is 1. The number of likely N-dealkylation sites (N-methyl/N-ethyl adjacent to an activating group) is 1. The number of oxime groups is 1. The average molecular weight is 271 g/mol. The van der Waals surface area contributed by atoms with Crippen molar-refractivity contribution in [3.8, 4) is 0 Å². The van der Waals surface area contributed by atoms with Crippen LogP contribution in [0.2, 0.25) is 0 Å². The van der Waals surface area contributed by atoms with Crippen molar-refractivity contribution in [2.45, 2.75) is 6.42 Å². The second-order valence-electron chi connectivity index (χ2n) is 4.38. The number of nitrogens with zero attached hydrogens (tertiary/aromatic N) is 4. The predicted molar refractivity (Wildman–Crippen MR) is 78.0 cm³/mol. The fourth-order valence-corrected chi connectivity index (χ4v) is 1.79. The summed E-state index contributed by atoms with van der Waals surface area (Å²) in [5.41, 5.74) is 7.25. The fraction of sp³-hybridized carbons (Fsp3) is 0.214. The quantitative estimate of drug-likeness (QED) is 0.370. The molecule has 0 amide bonds. The Morgan fingerprint density at radius 1 is 1.30 bits per heavy atom. The van der Waals surface area contributed by atoms with E-state index in [1.807, 2.05) is 30.1 Å². The Labute approximate surface area is 117 Å². The molecule has 0 aliphatic carbocycles. The molecule has 104 valence electrons. The van der Waals surface area contributed by atoms with E-state index < -0.39 is 0 Å². The summed E-state index contributed by atoms with van der Waals surface area (Å²) in [5.74, 6) is 0.844. The Hall–Kier alpha value is -2.63. The predicted octanol–water partition coefficient (Wildman–Crippen LogP) is 1.25. The molecule has 0 aromatic carbocycles. The first-order chi connectivity index (χ1) is 9.70. The molecule has 0 spiro atoms. The van der Waals surface area contributed by atoms with Gasteiger partial charge in [0.05, 0.1) is 0 Å². The summed E-state index contributed by atoms with van der Waals surface area (Å²) in [7, 11) is 1.95. The zero-order valence-corrected chi connectivity index (χ0v) is 11.3. The van der Waals surface area contributed by atoms with Gasteiger partial charge in [0.2, 0.25) is 0 Å². The van der Waals surface area contributed by atoms with Gasteiger partial charge in [0.1, 0.15) is 5.82 Å². The average Bonchev–Trinajstić information content (AvgIpc) is 2.53. The summed E-state index contributed by atoms with van der Waals surface area (Å²) in [6, 6.07) is 9.35. The molecule has 2 aromatic heterocycles. The van der Waals surface area contributed by atoms with Gasteiger partial charge < -0.3 is 15.8 Å². The summed E-state index contributed by atoms with van der Waals surface area (Å²) in [6.45, 7) is 0.781. The van der Waals surface area contributed by atoms with Crippen LogP contribution < -0.4 is 10.6 Å². The Morgan fingerprint density at radius 2 is 2.15 bits per heavy atom. The lowest BCUT2D eigenvalue weighted by Crippen LogP contribution is -2.22. The standard InChI is InChI=1S/C14H17N5O/c1-19(9-6-12-4-2-3-7-16-12)13-10-11(5-8-17-13)14(15)18-20/h2-5,7-8,10,20H,6,9H2,1H3,(H2,15,18). The van der Waals surface area contributed by atoms with Crippen LogP contribution in [0.25, 0.3) is 0 Å². The van der Waals surface area contributed by atoms with Crippen molar-refractivity contribution in [3.05, 3.63) is 54.0 Å². The van der Waals surface area contributed by atoms with E-state index in [0.717, 1.165) is 24.5 Å². The molecule has 3 N–H and O–H groups in total. The van der Waals surface area contributed by atoms with Crippen molar-refractivity contribution in [1.82, 2.24) is 9.97 Å². The van der Waals surface area contributed by atoms with E-state index in [2.05, 4.69) is 15.1 Å². The van der Waals surface area contributed by atoms with Gasteiger partial charge in [-0.2, -0.15) is 0 Å². The van der Waals surface area contributed by atoms with Crippen LogP contribution in [0.4, 0.5) is 5.82 Å². The molecule has 0 bridgehead atoms. The number of rotatable bonds is 5. The van der Waals surface area contributed by atoms with Gasteiger partial charge in [-0.05, 0) is 24.3 Å². The van der Waals surface area contributed by atoms with Crippen molar-refractivity contribution in [1.29, 1.82) is 0 Å². The van der Waals surface area contributed by atoms with Gasteiger partial charge in [0, 0.05) is 43.7 Å². The van der Waals surface area contributed by atoms with Gasteiger partial charge in [-0.15, -0.1) is 0 Å². The maximum atomic E-state index is 8.69. The van der Waals surface area contributed by atoms with Crippen molar-refractivity contribution in [2.24, 2.45) is 10.9 Å². The maximum absolute atomic E-state index is 8.69. The van der Waals surface area contributed by atoms with Crippen LogP contribution in [0.15, 0.2) is 47.9 Å². The van der Waals surface area contributed by atoms with E-state index >= 15 is 0 Å². The zero-order chi connectivity index (χ0) is 14.4. The molecule has 0 radical (unpaired) electrons. The molecule has 0 saturated carbocycles. The maximum Gasteiger partial charge on any atom is 0.170 e. The third-order valence-electron chi connectivity index (χ3n) is 2.97. The number of pyridine rings is 2. The Balaban J connectivity index is 2.04. The van der Waals surface area contributed by atoms with Crippen LogP contribution in [0, 0.1) is 0 Å². The first-order valence-electron chi connectivity index (χ1n) is 6.25. The third kappa shape index (κ3) is 3.44. The summed E-state index contributed by atoms with van der Waals surface area (Å²) < 4.78 is 0. The number of aromatic nitrogens is 2. The third-order valence-corrected chi connectivity index (χ3v) is 2.97. The highest BCUT2D eigenvalue weighted by Crippen LogP contribution is 2.11.